The zero-order valence-corrected chi connectivity index (χ0v) is 13.8. The molecule has 1 heterocycles. The minimum absolute atomic E-state index is 0.129. The fraction of sp³-hybridized carbons (Fsp3) is 0.556. The van der Waals surface area contributed by atoms with Crippen molar-refractivity contribution in [1.29, 1.82) is 0 Å². The maximum absolute atomic E-state index is 12.7. The van der Waals surface area contributed by atoms with Crippen LogP contribution in [0.1, 0.15) is 61.6 Å². The summed E-state index contributed by atoms with van der Waals surface area (Å²) in [6.07, 6.45) is 4.46. The molecule has 0 aliphatic heterocycles. The first-order valence-corrected chi connectivity index (χ1v) is 8.41. The number of rotatable bonds is 6. The molecule has 4 heteroatoms. The third kappa shape index (κ3) is 2.74. The Morgan fingerprint density at radius 3 is 2.55 bits per heavy atom. The number of carbonyl (C=O) groups is 1. The summed E-state index contributed by atoms with van der Waals surface area (Å²) in [5, 5.41) is 0. The van der Waals surface area contributed by atoms with E-state index in [1.807, 2.05) is 23.1 Å². The second-order valence-corrected chi connectivity index (χ2v) is 6.30. The van der Waals surface area contributed by atoms with Gasteiger partial charge in [-0.3, -0.25) is 4.79 Å². The molecule has 0 radical (unpaired) electrons. The van der Waals surface area contributed by atoms with Crippen LogP contribution >= 0.6 is 0 Å². The van der Waals surface area contributed by atoms with Crippen molar-refractivity contribution in [2.24, 2.45) is 7.05 Å². The topological polar surface area (TPSA) is 38.1 Å². The first-order valence-electron chi connectivity index (χ1n) is 8.41. The lowest BCUT2D eigenvalue weighted by molar-refractivity contribution is 0.0755. The van der Waals surface area contributed by atoms with E-state index in [1.54, 1.807) is 0 Å². The van der Waals surface area contributed by atoms with Crippen LogP contribution in [-0.2, 0) is 7.05 Å². The molecule has 118 valence electrons. The predicted octanol–water partition coefficient (Wildman–Crippen LogP) is 3.71. The van der Waals surface area contributed by atoms with Gasteiger partial charge in [-0.05, 0) is 43.9 Å². The maximum Gasteiger partial charge on any atom is 0.253 e. The lowest BCUT2D eigenvalue weighted by Gasteiger charge is -2.21. The molecule has 0 unspecified atom stereocenters. The van der Waals surface area contributed by atoms with Crippen LogP contribution in [0.4, 0.5) is 0 Å². The minimum Gasteiger partial charge on any atom is -0.339 e. The molecule has 0 spiro atoms. The van der Waals surface area contributed by atoms with Crippen molar-refractivity contribution in [3.05, 3.63) is 29.6 Å². The van der Waals surface area contributed by atoms with Crippen molar-refractivity contribution >= 4 is 16.9 Å². The number of amides is 1. The van der Waals surface area contributed by atoms with E-state index in [1.165, 1.54) is 18.7 Å². The summed E-state index contributed by atoms with van der Waals surface area (Å²) in [5.74, 6) is 1.91. The van der Waals surface area contributed by atoms with Gasteiger partial charge in [-0.2, -0.15) is 0 Å². The fourth-order valence-corrected chi connectivity index (χ4v) is 3.10. The van der Waals surface area contributed by atoms with Gasteiger partial charge in [0.2, 0.25) is 0 Å². The zero-order chi connectivity index (χ0) is 15.7. The first kappa shape index (κ1) is 15.1. The molecule has 22 heavy (non-hydrogen) atoms. The van der Waals surface area contributed by atoms with E-state index in [0.29, 0.717) is 5.92 Å². The Balaban J connectivity index is 1.92. The predicted molar refractivity (Wildman–Crippen MR) is 89.2 cm³/mol. The highest BCUT2D eigenvalue weighted by atomic mass is 16.2. The highest BCUT2D eigenvalue weighted by Gasteiger charge is 2.28. The van der Waals surface area contributed by atoms with E-state index in [0.717, 1.165) is 42.5 Å². The molecule has 1 aliphatic rings. The number of imidazole rings is 1. The lowest BCUT2D eigenvalue weighted by Crippen LogP contribution is -2.32. The van der Waals surface area contributed by atoms with Crippen LogP contribution in [0.3, 0.4) is 0 Å². The Morgan fingerprint density at radius 1 is 1.27 bits per heavy atom. The number of hydrogen-bond donors (Lipinski definition) is 0. The van der Waals surface area contributed by atoms with Crippen molar-refractivity contribution in [2.45, 2.75) is 45.4 Å². The molecule has 4 nitrogen and oxygen atoms in total. The van der Waals surface area contributed by atoms with E-state index >= 15 is 0 Å². The SMILES string of the molecule is CCCN(CCC)C(=O)c1ccc2c(c1)nc(C1CC1)n2C. The van der Waals surface area contributed by atoms with Gasteiger partial charge in [0.25, 0.3) is 5.91 Å². The smallest absolute Gasteiger partial charge is 0.253 e. The number of benzene rings is 1. The number of hydrogen-bond acceptors (Lipinski definition) is 2. The molecule has 1 amide bonds. The van der Waals surface area contributed by atoms with Crippen LogP contribution in [-0.4, -0.2) is 33.4 Å². The average Bonchev–Trinajstić information content (AvgIpc) is 3.31. The van der Waals surface area contributed by atoms with Gasteiger partial charge in [-0.25, -0.2) is 4.98 Å². The van der Waals surface area contributed by atoms with Crippen molar-refractivity contribution < 1.29 is 4.79 Å². The van der Waals surface area contributed by atoms with Crippen LogP contribution in [0, 0.1) is 0 Å². The summed E-state index contributed by atoms with van der Waals surface area (Å²) in [6, 6.07) is 5.95. The number of aromatic nitrogens is 2. The summed E-state index contributed by atoms with van der Waals surface area (Å²) >= 11 is 0. The van der Waals surface area contributed by atoms with Gasteiger partial charge in [-0.1, -0.05) is 13.8 Å². The molecule has 1 aromatic carbocycles. The molecule has 1 saturated carbocycles. The highest BCUT2D eigenvalue weighted by molar-refractivity contribution is 5.97. The van der Waals surface area contributed by atoms with Crippen LogP contribution < -0.4 is 0 Å². The van der Waals surface area contributed by atoms with Crippen molar-refractivity contribution in [1.82, 2.24) is 14.5 Å². The first-order chi connectivity index (χ1) is 10.7. The van der Waals surface area contributed by atoms with Crippen molar-refractivity contribution in [3.8, 4) is 0 Å². The molecule has 0 saturated heterocycles. The van der Waals surface area contributed by atoms with E-state index in [-0.39, 0.29) is 5.91 Å². The summed E-state index contributed by atoms with van der Waals surface area (Å²) in [6.45, 7) is 5.86. The molecule has 0 bridgehead atoms. The highest BCUT2D eigenvalue weighted by Crippen LogP contribution is 2.40. The number of fused-ring (bicyclic) bond motifs is 1. The lowest BCUT2D eigenvalue weighted by atomic mass is 10.1. The van der Waals surface area contributed by atoms with Gasteiger partial charge in [0.1, 0.15) is 5.82 Å². The molecule has 3 rings (SSSR count). The molecule has 1 fully saturated rings. The second kappa shape index (κ2) is 6.11. The minimum atomic E-state index is 0.129. The normalized spacial score (nSPS) is 14.5. The Morgan fingerprint density at radius 2 is 1.95 bits per heavy atom. The summed E-state index contributed by atoms with van der Waals surface area (Å²) in [7, 11) is 2.07. The van der Waals surface area contributed by atoms with Crippen molar-refractivity contribution in [3.63, 3.8) is 0 Å². The van der Waals surface area contributed by atoms with Crippen LogP contribution in [0.2, 0.25) is 0 Å². The van der Waals surface area contributed by atoms with Gasteiger partial charge in [0.05, 0.1) is 11.0 Å². The van der Waals surface area contributed by atoms with Crippen LogP contribution in [0.25, 0.3) is 11.0 Å². The van der Waals surface area contributed by atoms with E-state index in [4.69, 9.17) is 4.98 Å². The fourth-order valence-electron chi connectivity index (χ4n) is 3.10. The Hall–Kier alpha value is -1.84. The van der Waals surface area contributed by atoms with E-state index < -0.39 is 0 Å². The van der Waals surface area contributed by atoms with Gasteiger partial charge >= 0.3 is 0 Å². The number of aryl methyl sites for hydroxylation is 1. The molecular formula is C18H25N3O. The third-order valence-corrected chi connectivity index (χ3v) is 4.38. The van der Waals surface area contributed by atoms with Gasteiger partial charge in [-0.15, -0.1) is 0 Å². The molecule has 2 aromatic rings. The Labute approximate surface area is 132 Å². The molecule has 0 N–H and O–H groups in total. The second-order valence-electron chi connectivity index (χ2n) is 6.30. The monoisotopic (exact) mass is 299 g/mol. The maximum atomic E-state index is 12.7. The molecule has 0 atom stereocenters. The summed E-state index contributed by atoms with van der Waals surface area (Å²) < 4.78 is 2.18. The molecule has 1 aromatic heterocycles. The van der Waals surface area contributed by atoms with E-state index in [2.05, 4.69) is 25.5 Å². The largest absolute Gasteiger partial charge is 0.339 e. The quantitative estimate of drug-likeness (QED) is 0.815. The van der Waals surface area contributed by atoms with E-state index in [9.17, 15) is 4.79 Å². The number of carbonyl (C=O) groups excluding carboxylic acids is 1. The number of nitrogens with zero attached hydrogens (tertiary/aromatic N) is 3. The van der Waals surface area contributed by atoms with Crippen molar-refractivity contribution in [2.75, 3.05) is 13.1 Å². The van der Waals surface area contributed by atoms with Gasteiger partial charge in [0.15, 0.2) is 0 Å². The Kier molecular flexibility index (Phi) is 4.19. The Bertz CT molecular complexity index is 679. The van der Waals surface area contributed by atoms with Crippen LogP contribution in [0.5, 0.6) is 0 Å². The zero-order valence-electron chi connectivity index (χ0n) is 13.8. The van der Waals surface area contributed by atoms with Gasteiger partial charge < -0.3 is 9.47 Å². The average molecular weight is 299 g/mol. The van der Waals surface area contributed by atoms with Crippen LogP contribution in [0.15, 0.2) is 18.2 Å². The third-order valence-electron chi connectivity index (χ3n) is 4.38. The molecule has 1 aliphatic carbocycles. The standard InChI is InChI=1S/C18H25N3O/c1-4-10-21(11-5-2)18(22)14-8-9-16-15(12-14)19-17(20(16)3)13-6-7-13/h8-9,12-13H,4-7,10-11H2,1-3H3. The molecular weight excluding hydrogens is 274 g/mol. The summed E-state index contributed by atoms with van der Waals surface area (Å²) in [5.41, 5.74) is 2.83. The van der Waals surface area contributed by atoms with Gasteiger partial charge in [0, 0.05) is 31.6 Å². The summed E-state index contributed by atoms with van der Waals surface area (Å²) in [4.78, 5) is 19.4.